The van der Waals surface area contributed by atoms with Gasteiger partial charge in [-0.2, -0.15) is 0 Å². The van der Waals surface area contributed by atoms with E-state index in [-0.39, 0.29) is 12.1 Å². The third-order valence-corrected chi connectivity index (χ3v) is 3.62. The van der Waals surface area contributed by atoms with Crippen molar-refractivity contribution in [3.63, 3.8) is 0 Å². The second-order valence-electron chi connectivity index (χ2n) is 4.56. The van der Waals surface area contributed by atoms with Gasteiger partial charge < -0.3 is 15.7 Å². The van der Waals surface area contributed by atoms with Crippen LogP contribution in [0.15, 0.2) is 24.3 Å². The van der Waals surface area contributed by atoms with Crippen LogP contribution in [0.4, 0.5) is 5.69 Å². The summed E-state index contributed by atoms with van der Waals surface area (Å²) in [7, 11) is 0. The first-order valence-corrected chi connectivity index (χ1v) is 6.95. The molecule has 3 N–H and O–H groups in total. The zero-order valence-corrected chi connectivity index (χ0v) is 11.6. The molecule has 3 nitrogen and oxygen atoms in total. The van der Waals surface area contributed by atoms with Gasteiger partial charge in [0.15, 0.2) is 5.11 Å². The van der Waals surface area contributed by atoms with Crippen LogP contribution >= 0.6 is 23.8 Å². The smallest absolute Gasteiger partial charge is 0.171 e. The van der Waals surface area contributed by atoms with Crippen molar-refractivity contribution in [2.45, 2.75) is 37.8 Å². The van der Waals surface area contributed by atoms with Crippen LogP contribution in [-0.4, -0.2) is 22.4 Å². The highest BCUT2D eigenvalue weighted by molar-refractivity contribution is 7.80. The SMILES string of the molecule is OC1CCCCC1NC(=S)Nc1ccc(Cl)cc1. The van der Waals surface area contributed by atoms with Gasteiger partial charge in [0, 0.05) is 10.7 Å². The maximum absolute atomic E-state index is 9.85. The quantitative estimate of drug-likeness (QED) is 0.731. The number of aliphatic hydroxyl groups excluding tert-OH is 1. The van der Waals surface area contributed by atoms with E-state index in [0.717, 1.165) is 31.4 Å². The second kappa shape index (κ2) is 6.36. The van der Waals surface area contributed by atoms with E-state index in [1.165, 1.54) is 0 Å². The van der Waals surface area contributed by atoms with Crippen molar-refractivity contribution in [3.8, 4) is 0 Å². The average molecular weight is 285 g/mol. The molecule has 0 bridgehead atoms. The van der Waals surface area contributed by atoms with E-state index in [4.69, 9.17) is 23.8 Å². The van der Waals surface area contributed by atoms with E-state index >= 15 is 0 Å². The molecule has 0 spiro atoms. The maximum Gasteiger partial charge on any atom is 0.171 e. The lowest BCUT2D eigenvalue weighted by molar-refractivity contribution is 0.100. The third-order valence-electron chi connectivity index (χ3n) is 3.15. The Morgan fingerprint density at radius 1 is 1.22 bits per heavy atom. The summed E-state index contributed by atoms with van der Waals surface area (Å²) in [4.78, 5) is 0. The summed E-state index contributed by atoms with van der Waals surface area (Å²) < 4.78 is 0. The summed E-state index contributed by atoms with van der Waals surface area (Å²) in [5.74, 6) is 0. The van der Waals surface area contributed by atoms with Gasteiger partial charge in [-0.15, -0.1) is 0 Å². The van der Waals surface area contributed by atoms with E-state index in [9.17, 15) is 5.11 Å². The minimum Gasteiger partial charge on any atom is -0.391 e. The predicted octanol–water partition coefficient (Wildman–Crippen LogP) is 2.93. The Morgan fingerprint density at radius 2 is 1.89 bits per heavy atom. The van der Waals surface area contributed by atoms with Crippen LogP contribution in [0.25, 0.3) is 0 Å². The van der Waals surface area contributed by atoms with Crippen LogP contribution < -0.4 is 10.6 Å². The van der Waals surface area contributed by atoms with Gasteiger partial charge in [-0.1, -0.05) is 24.4 Å². The lowest BCUT2D eigenvalue weighted by atomic mass is 9.93. The van der Waals surface area contributed by atoms with Crippen molar-refractivity contribution in [3.05, 3.63) is 29.3 Å². The monoisotopic (exact) mass is 284 g/mol. The van der Waals surface area contributed by atoms with Crippen molar-refractivity contribution >= 4 is 34.6 Å². The molecule has 5 heteroatoms. The zero-order chi connectivity index (χ0) is 13.0. The van der Waals surface area contributed by atoms with Gasteiger partial charge in [0.25, 0.3) is 0 Å². The molecule has 1 saturated carbocycles. The van der Waals surface area contributed by atoms with Crippen molar-refractivity contribution in [1.29, 1.82) is 0 Å². The number of halogens is 1. The minimum atomic E-state index is -0.302. The van der Waals surface area contributed by atoms with Crippen molar-refractivity contribution < 1.29 is 5.11 Å². The van der Waals surface area contributed by atoms with Crippen LogP contribution in [0.3, 0.4) is 0 Å². The van der Waals surface area contributed by atoms with Gasteiger partial charge in [-0.3, -0.25) is 0 Å². The van der Waals surface area contributed by atoms with Crippen LogP contribution in [0, 0.1) is 0 Å². The number of nitrogens with one attached hydrogen (secondary N) is 2. The fourth-order valence-corrected chi connectivity index (χ4v) is 2.54. The van der Waals surface area contributed by atoms with Crippen LogP contribution in [0.2, 0.25) is 5.02 Å². The molecule has 0 amide bonds. The number of rotatable bonds is 2. The predicted molar refractivity (Wildman–Crippen MR) is 79.1 cm³/mol. The lowest BCUT2D eigenvalue weighted by Gasteiger charge is -2.29. The number of hydrogen-bond donors (Lipinski definition) is 3. The number of hydrogen-bond acceptors (Lipinski definition) is 2. The van der Waals surface area contributed by atoms with E-state index in [1.54, 1.807) is 0 Å². The standard InChI is InChI=1S/C13H17ClN2OS/c14-9-5-7-10(8-6-9)15-13(18)16-11-3-1-2-4-12(11)17/h5-8,11-12,17H,1-4H2,(H2,15,16,18). The minimum absolute atomic E-state index is 0.0612. The van der Waals surface area contributed by atoms with E-state index < -0.39 is 0 Å². The Balaban J connectivity index is 1.86. The molecule has 0 heterocycles. The number of anilines is 1. The topological polar surface area (TPSA) is 44.3 Å². The highest BCUT2D eigenvalue weighted by Crippen LogP contribution is 2.19. The molecule has 2 rings (SSSR count). The maximum atomic E-state index is 9.85. The van der Waals surface area contributed by atoms with Gasteiger partial charge in [-0.05, 0) is 49.3 Å². The normalized spacial score (nSPS) is 23.4. The molecule has 0 aromatic heterocycles. The van der Waals surface area contributed by atoms with E-state index in [0.29, 0.717) is 10.1 Å². The molecule has 1 aliphatic carbocycles. The Morgan fingerprint density at radius 3 is 2.56 bits per heavy atom. The third kappa shape index (κ3) is 3.83. The van der Waals surface area contributed by atoms with Crippen LogP contribution in [-0.2, 0) is 0 Å². The Kier molecular flexibility index (Phi) is 4.80. The largest absolute Gasteiger partial charge is 0.391 e. The summed E-state index contributed by atoms with van der Waals surface area (Å²) in [5.41, 5.74) is 0.891. The molecular weight excluding hydrogens is 268 g/mol. The van der Waals surface area contributed by atoms with E-state index in [2.05, 4.69) is 10.6 Å². The first-order valence-electron chi connectivity index (χ1n) is 6.16. The van der Waals surface area contributed by atoms with Gasteiger partial charge in [0.05, 0.1) is 12.1 Å². The molecule has 18 heavy (non-hydrogen) atoms. The first kappa shape index (κ1) is 13.6. The molecule has 0 aliphatic heterocycles. The van der Waals surface area contributed by atoms with Gasteiger partial charge in [0.1, 0.15) is 0 Å². The van der Waals surface area contributed by atoms with Crippen molar-refractivity contribution in [2.24, 2.45) is 0 Å². The van der Waals surface area contributed by atoms with Gasteiger partial charge in [0.2, 0.25) is 0 Å². The average Bonchev–Trinajstić information content (AvgIpc) is 2.35. The molecule has 2 unspecified atom stereocenters. The Labute approximate surface area is 118 Å². The number of aliphatic hydroxyl groups is 1. The molecule has 0 radical (unpaired) electrons. The number of benzene rings is 1. The summed E-state index contributed by atoms with van der Waals surface area (Å²) in [6, 6.07) is 7.41. The van der Waals surface area contributed by atoms with Crippen LogP contribution in [0.1, 0.15) is 25.7 Å². The summed E-state index contributed by atoms with van der Waals surface area (Å²) in [6.45, 7) is 0. The number of thiocarbonyl (C=S) groups is 1. The fraction of sp³-hybridized carbons (Fsp3) is 0.462. The Hall–Kier alpha value is -0.840. The van der Waals surface area contributed by atoms with Gasteiger partial charge in [-0.25, -0.2) is 0 Å². The fourth-order valence-electron chi connectivity index (χ4n) is 2.15. The molecule has 1 aromatic carbocycles. The summed E-state index contributed by atoms with van der Waals surface area (Å²) >= 11 is 11.0. The second-order valence-corrected chi connectivity index (χ2v) is 5.41. The lowest BCUT2D eigenvalue weighted by Crippen LogP contribution is -2.46. The highest BCUT2D eigenvalue weighted by atomic mass is 35.5. The van der Waals surface area contributed by atoms with Crippen molar-refractivity contribution in [2.75, 3.05) is 5.32 Å². The molecule has 2 atom stereocenters. The molecule has 1 aliphatic rings. The Bertz CT molecular complexity index is 410. The molecule has 0 saturated heterocycles. The molecule has 98 valence electrons. The highest BCUT2D eigenvalue weighted by Gasteiger charge is 2.23. The van der Waals surface area contributed by atoms with Crippen LogP contribution in [0.5, 0.6) is 0 Å². The molecule has 1 aromatic rings. The summed E-state index contributed by atoms with van der Waals surface area (Å²) in [6.07, 6.45) is 3.74. The van der Waals surface area contributed by atoms with Gasteiger partial charge >= 0.3 is 0 Å². The zero-order valence-electron chi connectivity index (χ0n) is 10.0. The van der Waals surface area contributed by atoms with Crippen molar-refractivity contribution in [1.82, 2.24) is 5.32 Å². The molecular formula is C13H17ClN2OS. The van der Waals surface area contributed by atoms with E-state index in [1.807, 2.05) is 24.3 Å². The first-order chi connectivity index (χ1) is 8.65. The molecule has 1 fully saturated rings. The summed E-state index contributed by atoms with van der Waals surface area (Å²) in [5, 5.41) is 17.4.